The minimum absolute atomic E-state index is 0.712. The van der Waals surface area contributed by atoms with Gasteiger partial charge in [0, 0.05) is 33.0 Å². The van der Waals surface area contributed by atoms with E-state index in [0.717, 1.165) is 44.5 Å². The molecule has 3 heteroatoms. The molecule has 256 valence electrons. The third-order valence-corrected chi connectivity index (χ3v) is 11.0. The number of hydrogen-bond donors (Lipinski definition) is 0. The molecule has 2 aromatic heterocycles. The summed E-state index contributed by atoms with van der Waals surface area (Å²) in [6.07, 6.45) is 0. The Morgan fingerprint density at radius 1 is 0.327 bits per heavy atom. The maximum atomic E-state index is 5.29. The third kappa shape index (κ3) is 5.20. The van der Waals surface area contributed by atoms with Gasteiger partial charge in [-0.3, -0.25) is 0 Å². The topological polar surface area (TPSA) is 30.7 Å². The number of aromatic nitrogens is 3. The number of benzene rings is 9. The molecular formula is C52H33N3. The van der Waals surface area contributed by atoms with Crippen LogP contribution in [0.25, 0.3) is 105 Å². The van der Waals surface area contributed by atoms with Gasteiger partial charge in [-0.25, -0.2) is 9.97 Å². The zero-order valence-corrected chi connectivity index (χ0v) is 29.9. The van der Waals surface area contributed by atoms with E-state index in [1.807, 2.05) is 0 Å². The minimum atomic E-state index is 0.712. The fourth-order valence-corrected chi connectivity index (χ4v) is 8.37. The summed E-state index contributed by atoms with van der Waals surface area (Å²) in [5.41, 5.74) is 12.1. The lowest BCUT2D eigenvalue weighted by Gasteiger charge is -2.14. The van der Waals surface area contributed by atoms with E-state index in [-0.39, 0.29) is 0 Å². The second-order valence-corrected chi connectivity index (χ2v) is 14.2. The van der Waals surface area contributed by atoms with Crippen molar-refractivity contribution in [2.24, 2.45) is 0 Å². The van der Waals surface area contributed by atoms with Gasteiger partial charge in [0.1, 0.15) is 0 Å². The van der Waals surface area contributed by atoms with Crippen LogP contribution in [-0.2, 0) is 0 Å². The van der Waals surface area contributed by atoms with Crippen LogP contribution in [0.5, 0.6) is 0 Å². The molecule has 0 aliphatic rings. The van der Waals surface area contributed by atoms with Crippen molar-refractivity contribution in [1.29, 1.82) is 0 Å². The van der Waals surface area contributed by atoms with Crippen LogP contribution in [0.3, 0.4) is 0 Å². The van der Waals surface area contributed by atoms with Crippen molar-refractivity contribution in [2.75, 3.05) is 0 Å². The van der Waals surface area contributed by atoms with Gasteiger partial charge in [0.2, 0.25) is 0 Å². The lowest BCUT2D eigenvalue weighted by atomic mass is 9.91. The summed E-state index contributed by atoms with van der Waals surface area (Å²) in [4.78, 5) is 10.5. The molecule has 55 heavy (non-hydrogen) atoms. The summed E-state index contributed by atoms with van der Waals surface area (Å²) in [6.45, 7) is 0. The first-order chi connectivity index (χ1) is 27.3. The van der Waals surface area contributed by atoms with E-state index in [9.17, 15) is 0 Å². The molecule has 0 saturated heterocycles. The molecule has 2 heterocycles. The molecule has 0 atom stereocenters. The summed E-state index contributed by atoms with van der Waals surface area (Å²) in [7, 11) is 0. The van der Waals surface area contributed by atoms with Crippen molar-refractivity contribution in [3.63, 3.8) is 0 Å². The van der Waals surface area contributed by atoms with E-state index in [0.29, 0.717) is 5.82 Å². The van der Waals surface area contributed by atoms with E-state index >= 15 is 0 Å². The van der Waals surface area contributed by atoms with E-state index in [4.69, 9.17) is 9.97 Å². The molecule has 3 nitrogen and oxygen atoms in total. The van der Waals surface area contributed by atoms with Gasteiger partial charge in [-0.15, -0.1) is 0 Å². The lowest BCUT2D eigenvalue weighted by Crippen LogP contribution is -1.96. The Labute approximate surface area is 318 Å². The van der Waals surface area contributed by atoms with Crippen LogP contribution in [0, 0.1) is 0 Å². The van der Waals surface area contributed by atoms with Gasteiger partial charge in [-0.1, -0.05) is 152 Å². The number of para-hydroxylation sites is 2. The highest BCUT2D eigenvalue weighted by atomic mass is 15.0. The predicted molar refractivity (Wildman–Crippen MR) is 231 cm³/mol. The lowest BCUT2D eigenvalue weighted by molar-refractivity contribution is 1.18. The third-order valence-electron chi connectivity index (χ3n) is 11.0. The highest BCUT2D eigenvalue weighted by Crippen LogP contribution is 2.39. The fraction of sp³-hybridized carbons (Fsp3) is 0. The number of hydrogen-bond acceptors (Lipinski definition) is 2. The van der Waals surface area contributed by atoms with Crippen LogP contribution in [0.4, 0.5) is 0 Å². The van der Waals surface area contributed by atoms with Gasteiger partial charge >= 0.3 is 0 Å². The molecule has 9 aromatic carbocycles. The number of rotatable bonds is 5. The Hall–Kier alpha value is -7.36. The van der Waals surface area contributed by atoms with Crippen molar-refractivity contribution in [3.8, 4) is 50.6 Å². The zero-order chi connectivity index (χ0) is 36.3. The predicted octanol–water partition coefficient (Wildman–Crippen LogP) is 13.7. The summed E-state index contributed by atoms with van der Waals surface area (Å²) in [5, 5.41) is 8.47. The van der Waals surface area contributed by atoms with E-state index in [1.165, 1.54) is 54.5 Å². The average Bonchev–Trinajstić information content (AvgIpc) is 3.59. The second kappa shape index (κ2) is 12.6. The maximum absolute atomic E-state index is 5.29. The molecule has 0 radical (unpaired) electrons. The minimum Gasteiger partial charge on any atom is -0.309 e. The number of nitrogens with zero attached hydrogens (tertiary/aromatic N) is 3. The molecule has 0 fully saturated rings. The summed E-state index contributed by atoms with van der Waals surface area (Å²) < 4.78 is 2.36. The van der Waals surface area contributed by atoms with Crippen molar-refractivity contribution < 1.29 is 0 Å². The largest absolute Gasteiger partial charge is 0.309 e. The highest BCUT2D eigenvalue weighted by molar-refractivity contribution is 6.13. The van der Waals surface area contributed by atoms with E-state index < -0.39 is 0 Å². The van der Waals surface area contributed by atoms with Crippen molar-refractivity contribution in [1.82, 2.24) is 14.5 Å². The van der Waals surface area contributed by atoms with Crippen molar-refractivity contribution in [2.45, 2.75) is 0 Å². The van der Waals surface area contributed by atoms with Gasteiger partial charge in [0.25, 0.3) is 0 Å². The molecular weight excluding hydrogens is 667 g/mol. The Morgan fingerprint density at radius 2 is 0.873 bits per heavy atom. The van der Waals surface area contributed by atoms with Crippen LogP contribution in [-0.4, -0.2) is 14.5 Å². The van der Waals surface area contributed by atoms with Gasteiger partial charge in [0.15, 0.2) is 5.82 Å². The second-order valence-electron chi connectivity index (χ2n) is 14.2. The van der Waals surface area contributed by atoms with Crippen LogP contribution in [0.15, 0.2) is 200 Å². The van der Waals surface area contributed by atoms with Gasteiger partial charge in [0.05, 0.1) is 22.2 Å². The summed E-state index contributed by atoms with van der Waals surface area (Å²) in [5.74, 6) is 0.712. The normalized spacial score (nSPS) is 11.6. The summed E-state index contributed by atoms with van der Waals surface area (Å²) >= 11 is 0. The number of fused-ring (bicyclic) bond motifs is 6. The molecule has 0 aliphatic heterocycles. The van der Waals surface area contributed by atoms with Crippen LogP contribution < -0.4 is 0 Å². The van der Waals surface area contributed by atoms with Gasteiger partial charge < -0.3 is 4.57 Å². The molecule has 0 saturated carbocycles. The molecule has 11 rings (SSSR count). The monoisotopic (exact) mass is 699 g/mol. The molecule has 11 aromatic rings. The maximum Gasteiger partial charge on any atom is 0.160 e. The smallest absolute Gasteiger partial charge is 0.160 e. The van der Waals surface area contributed by atoms with E-state index in [2.05, 4.69) is 205 Å². The Balaban J connectivity index is 1.04. The zero-order valence-electron chi connectivity index (χ0n) is 29.9. The Kier molecular flexibility index (Phi) is 7.17. The van der Waals surface area contributed by atoms with Crippen LogP contribution >= 0.6 is 0 Å². The van der Waals surface area contributed by atoms with Crippen LogP contribution in [0.1, 0.15) is 0 Å². The quantitative estimate of drug-likeness (QED) is 0.167. The first-order valence-electron chi connectivity index (χ1n) is 18.7. The molecule has 0 N–H and O–H groups in total. The molecule has 0 spiro atoms. The Bertz CT molecular complexity index is 3180. The van der Waals surface area contributed by atoms with Crippen molar-refractivity contribution >= 4 is 54.3 Å². The molecule has 0 aliphatic carbocycles. The highest BCUT2D eigenvalue weighted by Gasteiger charge is 2.17. The molecule has 0 bridgehead atoms. The summed E-state index contributed by atoms with van der Waals surface area (Å²) in [6, 6.07) is 71.5. The van der Waals surface area contributed by atoms with Gasteiger partial charge in [-0.2, -0.15) is 0 Å². The molecule has 0 unspecified atom stereocenters. The van der Waals surface area contributed by atoms with Crippen LogP contribution in [0.2, 0.25) is 0 Å². The SMILES string of the molecule is c1ccc(-c2nc(-c3ccc(-c4c5ccccc5cc5ccccc45)cc3)nc3ccc(-c4ccc5c(c4)c4ccccc4n5-c4ccccc4)cc23)cc1. The van der Waals surface area contributed by atoms with E-state index in [1.54, 1.807) is 0 Å². The standard InChI is InChI=1S/C52H33N3/c1-3-13-35(14-4-1)51-46-33-37(38-28-30-49-45(32-38)44-21-11-12-22-48(44)55(49)41-17-5-2-6-18-41)27-29-47(46)53-52(54-51)36-25-23-34(24-26-36)50-42-19-9-7-15-39(42)31-40-16-8-10-20-43(40)50/h1-33H. The fourth-order valence-electron chi connectivity index (χ4n) is 8.37. The first kappa shape index (κ1) is 31.2. The first-order valence-corrected chi connectivity index (χ1v) is 18.7. The van der Waals surface area contributed by atoms with Gasteiger partial charge in [-0.05, 0) is 92.3 Å². The van der Waals surface area contributed by atoms with Crippen molar-refractivity contribution in [3.05, 3.63) is 200 Å². The Morgan fingerprint density at radius 3 is 1.60 bits per heavy atom. The average molecular weight is 700 g/mol. The molecule has 0 amide bonds.